The fourth-order valence-corrected chi connectivity index (χ4v) is 5.31. The second-order valence-electron chi connectivity index (χ2n) is 6.27. The molecule has 140 valence electrons. The molecule has 1 aromatic heterocycles. The molecule has 3 rings (SSSR count). The van der Waals surface area contributed by atoms with Gasteiger partial charge in [0.05, 0.1) is 10.9 Å². The van der Waals surface area contributed by atoms with E-state index in [1.165, 1.54) is 23.1 Å². The third-order valence-electron chi connectivity index (χ3n) is 4.14. The van der Waals surface area contributed by atoms with E-state index in [9.17, 15) is 4.79 Å². The van der Waals surface area contributed by atoms with Crippen LogP contribution in [0.4, 0.5) is 0 Å². The molecule has 0 unspecified atom stereocenters. The maximum Gasteiger partial charge on any atom is 0.235 e. The minimum absolute atomic E-state index is 0.0763. The largest absolute Gasteiger partial charge is 0.340 e. The predicted molar refractivity (Wildman–Crippen MR) is 115 cm³/mol. The lowest BCUT2D eigenvalue weighted by atomic mass is 10.2. The molecule has 1 atom stereocenters. The molecular formula is C20H21N3OS3. The Bertz CT molecular complexity index is 981. The Morgan fingerprint density at radius 1 is 1.22 bits per heavy atom. The van der Waals surface area contributed by atoms with Crippen molar-refractivity contribution in [2.24, 2.45) is 0 Å². The molecule has 0 fully saturated rings. The minimum atomic E-state index is -0.232. The van der Waals surface area contributed by atoms with Gasteiger partial charge in [0, 0.05) is 13.6 Å². The lowest BCUT2D eigenvalue weighted by Crippen LogP contribution is -2.32. The first-order valence-electron chi connectivity index (χ1n) is 8.57. The number of amides is 1. The zero-order valence-corrected chi connectivity index (χ0v) is 17.9. The summed E-state index contributed by atoms with van der Waals surface area (Å²) in [6.45, 7) is 4.54. The summed E-state index contributed by atoms with van der Waals surface area (Å²) in [6.07, 6.45) is 0. The van der Waals surface area contributed by atoms with Gasteiger partial charge in [-0.05, 0) is 43.3 Å². The first-order valence-corrected chi connectivity index (χ1v) is 10.7. The number of hydrogen-bond donors (Lipinski definition) is 0. The van der Waals surface area contributed by atoms with Gasteiger partial charge in [0.1, 0.15) is 0 Å². The first kappa shape index (κ1) is 19.8. The molecule has 4 nitrogen and oxygen atoms in total. The van der Waals surface area contributed by atoms with Gasteiger partial charge in [-0.15, -0.1) is 5.10 Å². The van der Waals surface area contributed by atoms with Crippen LogP contribution in [0.2, 0.25) is 0 Å². The summed E-state index contributed by atoms with van der Waals surface area (Å²) in [6, 6.07) is 18.0. The quantitative estimate of drug-likeness (QED) is 0.414. The number of hydrogen-bond acceptors (Lipinski definition) is 5. The molecule has 2 aromatic carbocycles. The van der Waals surface area contributed by atoms with Crippen molar-refractivity contribution in [3.63, 3.8) is 0 Å². The van der Waals surface area contributed by atoms with Crippen molar-refractivity contribution in [2.75, 3.05) is 7.05 Å². The molecule has 1 amide bonds. The van der Waals surface area contributed by atoms with Gasteiger partial charge in [0.2, 0.25) is 5.91 Å². The molecule has 0 saturated heterocycles. The lowest BCUT2D eigenvalue weighted by Gasteiger charge is -2.20. The molecule has 0 aliphatic carbocycles. The Kier molecular flexibility index (Phi) is 6.46. The van der Waals surface area contributed by atoms with E-state index in [2.05, 4.69) is 5.10 Å². The highest BCUT2D eigenvalue weighted by atomic mass is 32.2. The van der Waals surface area contributed by atoms with Crippen LogP contribution in [0.5, 0.6) is 0 Å². The van der Waals surface area contributed by atoms with Crippen LogP contribution in [-0.4, -0.2) is 32.9 Å². The third kappa shape index (κ3) is 4.86. The topological polar surface area (TPSA) is 38.1 Å². The standard InChI is InChI=1S/C20H21N3OS3/c1-14-9-7-8-12-17(14)23-20(25)27-19(21-23)26-15(2)18(24)22(3)13-16-10-5-4-6-11-16/h4-12,15H,13H2,1-3H3/t15-/m0/s1. The molecule has 0 aliphatic rings. The van der Waals surface area contributed by atoms with Crippen LogP contribution in [-0.2, 0) is 11.3 Å². The van der Waals surface area contributed by atoms with Crippen molar-refractivity contribution < 1.29 is 4.79 Å². The number of nitrogens with zero attached hydrogens (tertiary/aromatic N) is 3. The summed E-state index contributed by atoms with van der Waals surface area (Å²) in [5.41, 5.74) is 3.21. The average molecular weight is 416 g/mol. The number of rotatable bonds is 6. The zero-order chi connectivity index (χ0) is 19.4. The Morgan fingerprint density at radius 2 is 1.89 bits per heavy atom. The number of carbonyl (C=O) groups excluding carboxylic acids is 1. The first-order chi connectivity index (χ1) is 13.0. The highest BCUT2D eigenvalue weighted by Gasteiger charge is 2.21. The summed E-state index contributed by atoms with van der Waals surface area (Å²) < 4.78 is 3.27. The Morgan fingerprint density at radius 3 is 2.59 bits per heavy atom. The summed E-state index contributed by atoms with van der Waals surface area (Å²) >= 11 is 8.37. The fraction of sp³-hybridized carbons (Fsp3) is 0.250. The predicted octanol–water partition coefficient (Wildman–Crippen LogP) is 5.11. The van der Waals surface area contributed by atoms with Crippen LogP contribution in [0.3, 0.4) is 0 Å². The fourth-order valence-electron chi connectivity index (χ4n) is 2.71. The van der Waals surface area contributed by atoms with Gasteiger partial charge < -0.3 is 4.90 Å². The number of aryl methyl sites for hydroxylation is 1. The summed E-state index contributed by atoms with van der Waals surface area (Å²) in [5, 5.41) is 4.40. The van der Waals surface area contributed by atoms with Crippen LogP contribution < -0.4 is 0 Å². The molecule has 0 N–H and O–H groups in total. The summed E-state index contributed by atoms with van der Waals surface area (Å²) in [7, 11) is 1.83. The van der Waals surface area contributed by atoms with Crippen molar-refractivity contribution in [1.29, 1.82) is 0 Å². The number of aromatic nitrogens is 2. The van der Waals surface area contributed by atoms with Crippen LogP contribution in [0.25, 0.3) is 5.69 Å². The Hall–Kier alpha value is -1.96. The SMILES string of the molecule is Cc1ccccc1-n1nc(S[C@@H](C)C(=O)N(C)Cc2ccccc2)sc1=S. The maximum atomic E-state index is 12.7. The normalized spacial score (nSPS) is 12.0. The van der Waals surface area contributed by atoms with Gasteiger partial charge >= 0.3 is 0 Å². The minimum Gasteiger partial charge on any atom is -0.340 e. The van der Waals surface area contributed by atoms with Gasteiger partial charge in [-0.3, -0.25) is 4.79 Å². The van der Waals surface area contributed by atoms with E-state index in [-0.39, 0.29) is 11.2 Å². The average Bonchev–Trinajstić information content (AvgIpc) is 3.02. The van der Waals surface area contributed by atoms with Crippen LogP contribution in [0.15, 0.2) is 58.9 Å². The molecule has 0 spiro atoms. The van der Waals surface area contributed by atoms with Crippen LogP contribution >= 0.6 is 35.3 Å². The molecule has 0 aliphatic heterocycles. The van der Waals surface area contributed by atoms with E-state index >= 15 is 0 Å². The van der Waals surface area contributed by atoms with Crippen molar-refractivity contribution in [2.45, 2.75) is 30.0 Å². The molecule has 0 saturated carbocycles. The van der Waals surface area contributed by atoms with E-state index in [0.29, 0.717) is 10.5 Å². The molecule has 3 aromatic rings. The van der Waals surface area contributed by atoms with Crippen LogP contribution in [0.1, 0.15) is 18.1 Å². The van der Waals surface area contributed by atoms with Gasteiger partial charge in [-0.25, -0.2) is 4.68 Å². The van der Waals surface area contributed by atoms with Gasteiger partial charge in [-0.2, -0.15) is 0 Å². The number of thioether (sulfide) groups is 1. The third-order valence-corrected chi connectivity index (χ3v) is 6.54. The second kappa shape index (κ2) is 8.82. The molecular weight excluding hydrogens is 394 g/mol. The second-order valence-corrected chi connectivity index (χ2v) is 9.48. The smallest absolute Gasteiger partial charge is 0.235 e. The van der Waals surface area contributed by atoms with E-state index in [0.717, 1.165) is 21.2 Å². The van der Waals surface area contributed by atoms with Crippen molar-refractivity contribution in [1.82, 2.24) is 14.7 Å². The zero-order valence-electron chi connectivity index (χ0n) is 15.5. The van der Waals surface area contributed by atoms with E-state index in [4.69, 9.17) is 12.2 Å². The van der Waals surface area contributed by atoms with E-state index < -0.39 is 0 Å². The molecule has 7 heteroatoms. The highest BCUT2D eigenvalue weighted by Crippen LogP contribution is 2.29. The van der Waals surface area contributed by atoms with Gasteiger partial charge in [0.15, 0.2) is 8.29 Å². The molecule has 1 heterocycles. The van der Waals surface area contributed by atoms with Crippen molar-refractivity contribution in [3.05, 3.63) is 69.7 Å². The van der Waals surface area contributed by atoms with Crippen LogP contribution in [0, 0.1) is 10.9 Å². The summed E-state index contributed by atoms with van der Waals surface area (Å²) in [4.78, 5) is 14.5. The van der Waals surface area contributed by atoms with Gasteiger partial charge in [-0.1, -0.05) is 71.6 Å². The Labute approximate surface area is 172 Å². The van der Waals surface area contributed by atoms with Crippen molar-refractivity contribution in [3.8, 4) is 5.69 Å². The maximum absolute atomic E-state index is 12.7. The monoisotopic (exact) mass is 415 g/mol. The number of carbonyl (C=O) groups is 1. The van der Waals surface area contributed by atoms with E-state index in [1.54, 1.807) is 9.58 Å². The molecule has 0 radical (unpaired) electrons. The Balaban J connectivity index is 1.70. The number of benzene rings is 2. The van der Waals surface area contributed by atoms with Gasteiger partial charge in [0.25, 0.3) is 0 Å². The molecule has 0 bridgehead atoms. The van der Waals surface area contributed by atoms with E-state index in [1.807, 2.05) is 75.5 Å². The lowest BCUT2D eigenvalue weighted by molar-refractivity contribution is -0.129. The highest BCUT2D eigenvalue weighted by molar-refractivity contribution is 8.02. The molecule has 27 heavy (non-hydrogen) atoms. The summed E-state index contributed by atoms with van der Waals surface area (Å²) in [5.74, 6) is 0.0763. The number of para-hydroxylation sites is 1. The van der Waals surface area contributed by atoms with Crippen molar-refractivity contribution >= 4 is 41.2 Å².